The number of fused-ring (bicyclic) bond motifs is 1. The summed E-state index contributed by atoms with van der Waals surface area (Å²) in [5.74, 6) is 0.234. The molecule has 0 fully saturated rings. The highest BCUT2D eigenvalue weighted by molar-refractivity contribution is 8.01. The number of anilines is 1. The maximum Gasteiger partial charge on any atom is 0.250 e. The molecule has 7 heteroatoms. The first kappa shape index (κ1) is 18.5. The van der Waals surface area contributed by atoms with Crippen LogP contribution in [0.15, 0.2) is 82.1 Å². The van der Waals surface area contributed by atoms with Gasteiger partial charge >= 0.3 is 0 Å². The van der Waals surface area contributed by atoms with Crippen LogP contribution in [-0.2, 0) is 11.3 Å². The zero-order chi connectivity index (χ0) is 19.3. The summed E-state index contributed by atoms with van der Waals surface area (Å²) in [6.45, 7) is 0.501. The molecule has 0 spiro atoms. The van der Waals surface area contributed by atoms with Gasteiger partial charge in [-0.25, -0.2) is 4.98 Å². The quantitative estimate of drug-likeness (QED) is 0.486. The fraction of sp³-hybridized carbons (Fsp3) is 0.0952. The molecule has 0 aliphatic heterocycles. The third kappa shape index (κ3) is 4.49. The third-order valence-corrected chi connectivity index (χ3v) is 6.27. The lowest BCUT2D eigenvalue weighted by molar-refractivity contribution is -0.113. The second-order valence-electron chi connectivity index (χ2n) is 6.15. The number of hydrogen-bond acceptors (Lipinski definition) is 5. The van der Waals surface area contributed by atoms with Gasteiger partial charge in [0.25, 0.3) is 5.56 Å². The van der Waals surface area contributed by atoms with Crippen molar-refractivity contribution in [2.75, 3.05) is 11.1 Å². The van der Waals surface area contributed by atoms with E-state index in [0.29, 0.717) is 12.3 Å². The van der Waals surface area contributed by atoms with Crippen LogP contribution in [0.2, 0.25) is 0 Å². The molecule has 2 heterocycles. The molecule has 5 nitrogen and oxygen atoms in total. The average Bonchev–Trinajstić information content (AvgIpc) is 3.13. The molecule has 1 N–H and O–H groups in total. The van der Waals surface area contributed by atoms with Crippen LogP contribution in [0, 0.1) is 0 Å². The first-order valence-corrected chi connectivity index (χ1v) is 10.5. The molecule has 0 saturated heterocycles. The van der Waals surface area contributed by atoms with Gasteiger partial charge in [0, 0.05) is 18.0 Å². The second-order valence-corrected chi connectivity index (χ2v) is 8.40. The van der Waals surface area contributed by atoms with Crippen LogP contribution in [0.4, 0.5) is 5.69 Å². The molecule has 28 heavy (non-hydrogen) atoms. The fourth-order valence-corrected chi connectivity index (χ4v) is 4.59. The molecule has 1 amide bonds. The van der Waals surface area contributed by atoms with E-state index in [0.717, 1.165) is 25.8 Å². The molecule has 0 atom stereocenters. The van der Waals surface area contributed by atoms with Gasteiger partial charge in [0.15, 0.2) is 4.34 Å². The number of rotatable bonds is 6. The normalized spacial score (nSPS) is 10.9. The van der Waals surface area contributed by atoms with E-state index in [1.807, 2.05) is 54.6 Å². The molecule has 2 aromatic carbocycles. The van der Waals surface area contributed by atoms with Crippen LogP contribution in [-0.4, -0.2) is 21.2 Å². The van der Waals surface area contributed by atoms with Gasteiger partial charge in [-0.2, -0.15) is 0 Å². The van der Waals surface area contributed by atoms with Crippen LogP contribution in [0.5, 0.6) is 0 Å². The minimum atomic E-state index is -0.0729. The number of benzene rings is 2. The highest BCUT2D eigenvalue weighted by Gasteiger charge is 2.08. The summed E-state index contributed by atoms with van der Waals surface area (Å²) in [5.41, 5.74) is 2.66. The van der Waals surface area contributed by atoms with Gasteiger partial charge in [0.2, 0.25) is 5.91 Å². The molecule has 0 aliphatic carbocycles. The van der Waals surface area contributed by atoms with Crippen molar-refractivity contribution in [3.05, 3.63) is 88.8 Å². The topological polar surface area (TPSA) is 64.0 Å². The van der Waals surface area contributed by atoms with E-state index in [1.54, 1.807) is 28.2 Å². The Balaban J connectivity index is 1.33. The summed E-state index contributed by atoms with van der Waals surface area (Å²) in [6, 6.07) is 20.6. The van der Waals surface area contributed by atoms with E-state index in [4.69, 9.17) is 0 Å². The number of pyridine rings is 1. The summed E-state index contributed by atoms with van der Waals surface area (Å²) < 4.78 is 3.65. The van der Waals surface area contributed by atoms with Crippen molar-refractivity contribution in [1.82, 2.24) is 9.55 Å². The zero-order valence-electron chi connectivity index (χ0n) is 14.9. The van der Waals surface area contributed by atoms with Gasteiger partial charge in [-0.15, -0.1) is 11.3 Å². The summed E-state index contributed by atoms with van der Waals surface area (Å²) >= 11 is 3.03. The molecule has 140 valence electrons. The highest BCUT2D eigenvalue weighted by atomic mass is 32.2. The lowest BCUT2D eigenvalue weighted by atomic mass is 10.2. The maximum absolute atomic E-state index is 12.2. The highest BCUT2D eigenvalue weighted by Crippen LogP contribution is 2.29. The first-order chi connectivity index (χ1) is 13.7. The number of nitrogens with zero attached hydrogens (tertiary/aromatic N) is 2. The number of para-hydroxylation sites is 1. The maximum atomic E-state index is 12.2. The number of thioether (sulfide) groups is 1. The second kappa shape index (κ2) is 8.41. The lowest BCUT2D eigenvalue weighted by Gasteiger charge is -2.08. The van der Waals surface area contributed by atoms with Crippen molar-refractivity contribution < 1.29 is 4.79 Å². The van der Waals surface area contributed by atoms with E-state index < -0.39 is 0 Å². The van der Waals surface area contributed by atoms with E-state index >= 15 is 0 Å². The predicted molar refractivity (Wildman–Crippen MR) is 115 cm³/mol. The van der Waals surface area contributed by atoms with Crippen molar-refractivity contribution in [3.63, 3.8) is 0 Å². The largest absolute Gasteiger partial charge is 0.325 e. The number of hydrogen-bond donors (Lipinski definition) is 1. The Morgan fingerprint density at radius 2 is 1.82 bits per heavy atom. The number of thiazole rings is 1. The Bertz CT molecular complexity index is 1130. The number of carbonyl (C=O) groups excluding carboxylic acids is 1. The zero-order valence-corrected chi connectivity index (χ0v) is 16.5. The molecule has 0 unspecified atom stereocenters. The first-order valence-electron chi connectivity index (χ1n) is 8.70. The Kier molecular flexibility index (Phi) is 5.55. The Labute approximate surface area is 170 Å². The lowest BCUT2D eigenvalue weighted by Crippen LogP contribution is -2.18. The minimum absolute atomic E-state index is 0.0354. The Morgan fingerprint density at radius 3 is 2.61 bits per heavy atom. The molecule has 0 saturated carbocycles. The van der Waals surface area contributed by atoms with Gasteiger partial charge in [-0.3, -0.25) is 9.59 Å². The van der Waals surface area contributed by atoms with Crippen LogP contribution in [0.1, 0.15) is 5.56 Å². The van der Waals surface area contributed by atoms with E-state index in [2.05, 4.69) is 10.3 Å². The molecule has 2 aromatic heterocycles. The monoisotopic (exact) mass is 407 g/mol. The standard InChI is InChI=1S/C21H17N3O2S2/c25-19(14-27-21-23-17-5-1-2-6-18(17)28-21)22-16-10-8-15(9-11-16)13-24-12-4-3-7-20(24)26/h1-12H,13-14H2,(H,22,25). The van der Waals surface area contributed by atoms with E-state index in [9.17, 15) is 9.59 Å². The molecule has 4 rings (SSSR count). The number of aromatic nitrogens is 2. The Morgan fingerprint density at radius 1 is 1.04 bits per heavy atom. The van der Waals surface area contributed by atoms with Crippen molar-refractivity contribution in [3.8, 4) is 0 Å². The van der Waals surface area contributed by atoms with E-state index in [1.165, 1.54) is 17.8 Å². The predicted octanol–water partition coefficient (Wildman–Crippen LogP) is 4.24. The summed E-state index contributed by atoms with van der Waals surface area (Å²) in [6.07, 6.45) is 1.76. The van der Waals surface area contributed by atoms with Gasteiger partial charge in [-0.05, 0) is 35.9 Å². The number of amides is 1. The smallest absolute Gasteiger partial charge is 0.250 e. The van der Waals surface area contributed by atoms with Crippen molar-refractivity contribution in [2.24, 2.45) is 0 Å². The molecular formula is C21H17N3O2S2. The van der Waals surface area contributed by atoms with Gasteiger partial charge in [0.1, 0.15) is 0 Å². The minimum Gasteiger partial charge on any atom is -0.325 e. The van der Waals surface area contributed by atoms with Crippen LogP contribution in [0.3, 0.4) is 0 Å². The molecule has 4 aromatic rings. The van der Waals surface area contributed by atoms with Crippen LogP contribution >= 0.6 is 23.1 Å². The van der Waals surface area contributed by atoms with E-state index in [-0.39, 0.29) is 11.5 Å². The van der Waals surface area contributed by atoms with Gasteiger partial charge in [0.05, 0.1) is 22.5 Å². The van der Waals surface area contributed by atoms with Crippen molar-refractivity contribution >= 4 is 44.9 Å². The fourth-order valence-electron chi connectivity index (χ4n) is 2.72. The number of nitrogens with one attached hydrogen (secondary N) is 1. The van der Waals surface area contributed by atoms with Gasteiger partial charge in [-0.1, -0.05) is 42.1 Å². The molecule has 0 aliphatic rings. The van der Waals surface area contributed by atoms with Crippen molar-refractivity contribution in [1.29, 1.82) is 0 Å². The SMILES string of the molecule is O=C(CSc1nc2ccccc2s1)Nc1ccc(Cn2ccccc2=O)cc1. The van der Waals surface area contributed by atoms with Gasteiger partial charge < -0.3 is 9.88 Å². The average molecular weight is 408 g/mol. The molecular weight excluding hydrogens is 390 g/mol. The van der Waals surface area contributed by atoms with Crippen molar-refractivity contribution in [2.45, 2.75) is 10.9 Å². The third-order valence-electron chi connectivity index (χ3n) is 4.09. The Hall–Kier alpha value is -2.90. The molecule has 0 bridgehead atoms. The van der Waals surface area contributed by atoms with Crippen LogP contribution in [0.25, 0.3) is 10.2 Å². The summed E-state index contributed by atoms with van der Waals surface area (Å²) in [4.78, 5) is 28.5. The van der Waals surface area contributed by atoms with Crippen LogP contribution < -0.4 is 10.9 Å². The molecule has 0 radical (unpaired) electrons. The number of carbonyl (C=O) groups is 1. The summed E-state index contributed by atoms with van der Waals surface area (Å²) in [7, 11) is 0. The summed E-state index contributed by atoms with van der Waals surface area (Å²) in [5, 5.41) is 2.90.